The van der Waals surface area contributed by atoms with E-state index in [0.29, 0.717) is 24.8 Å². The summed E-state index contributed by atoms with van der Waals surface area (Å²) in [6, 6.07) is 10.2. The molecule has 5 heteroatoms. The first-order chi connectivity index (χ1) is 10.2. The van der Waals surface area contributed by atoms with Gasteiger partial charge in [0.05, 0.1) is 18.0 Å². The molecule has 0 aliphatic rings. The third-order valence-corrected chi connectivity index (χ3v) is 3.19. The number of hydrogen-bond donors (Lipinski definition) is 1. The Morgan fingerprint density at radius 2 is 2.05 bits per heavy atom. The summed E-state index contributed by atoms with van der Waals surface area (Å²) >= 11 is 0. The molecule has 2 aromatic rings. The van der Waals surface area contributed by atoms with Gasteiger partial charge in [0.1, 0.15) is 5.82 Å². The van der Waals surface area contributed by atoms with Crippen molar-refractivity contribution < 1.29 is 0 Å². The van der Waals surface area contributed by atoms with E-state index < -0.39 is 0 Å². The van der Waals surface area contributed by atoms with Crippen molar-refractivity contribution in [3.8, 4) is 6.07 Å². The first-order valence-corrected chi connectivity index (χ1v) is 7.22. The molecule has 0 saturated heterocycles. The molecule has 1 aromatic carbocycles. The Labute approximate surface area is 125 Å². The molecule has 21 heavy (non-hydrogen) atoms. The molecule has 0 aliphatic carbocycles. The zero-order valence-electron chi connectivity index (χ0n) is 12.8. The Kier molecular flexibility index (Phi) is 4.94. The lowest BCUT2D eigenvalue weighted by Crippen LogP contribution is -2.30. The summed E-state index contributed by atoms with van der Waals surface area (Å²) in [7, 11) is 1.82. The van der Waals surface area contributed by atoms with Gasteiger partial charge in [-0.1, -0.05) is 26.0 Å². The van der Waals surface area contributed by atoms with E-state index in [0.717, 1.165) is 23.3 Å². The van der Waals surface area contributed by atoms with E-state index in [2.05, 4.69) is 40.1 Å². The monoisotopic (exact) mass is 283 g/mol. The topological polar surface area (TPSA) is 64.8 Å². The average molecular weight is 283 g/mol. The molecule has 0 fully saturated rings. The van der Waals surface area contributed by atoms with Crippen molar-refractivity contribution >= 4 is 22.7 Å². The number of fused-ring (bicyclic) bond motifs is 1. The minimum Gasteiger partial charge on any atom is -0.357 e. The predicted molar refractivity (Wildman–Crippen MR) is 86.4 cm³/mol. The van der Waals surface area contributed by atoms with Crippen molar-refractivity contribution in [2.75, 3.05) is 30.4 Å². The molecule has 0 bridgehead atoms. The molecule has 0 spiro atoms. The van der Waals surface area contributed by atoms with Gasteiger partial charge < -0.3 is 10.2 Å². The highest BCUT2D eigenvalue weighted by Crippen LogP contribution is 2.26. The number of nitriles is 1. The van der Waals surface area contributed by atoms with Crippen molar-refractivity contribution in [1.29, 1.82) is 5.26 Å². The SMILES string of the molecule is CNc1nc(N(CCC#N)CC(C)C)c2ccccc2n1. The van der Waals surface area contributed by atoms with Crippen LogP contribution in [0.3, 0.4) is 0 Å². The van der Waals surface area contributed by atoms with Gasteiger partial charge in [-0.3, -0.25) is 0 Å². The fourth-order valence-corrected chi connectivity index (χ4v) is 2.32. The average Bonchev–Trinajstić information content (AvgIpc) is 2.50. The van der Waals surface area contributed by atoms with E-state index in [1.54, 1.807) is 0 Å². The van der Waals surface area contributed by atoms with Crippen LogP contribution in [-0.4, -0.2) is 30.1 Å². The number of nitrogens with one attached hydrogen (secondary N) is 1. The number of anilines is 2. The van der Waals surface area contributed by atoms with E-state index in [1.165, 1.54) is 0 Å². The van der Waals surface area contributed by atoms with Crippen LogP contribution in [0.15, 0.2) is 24.3 Å². The van der Waals surface area contributed by atoms with E-state index in [-0.39, 0.29) is 0 Å². The van der Waals surface area contributed by atoms with Gasteiger partial charge in [-0.15, -0.1) is 0 Å². The Hall–Kier alpha value is -2.35. The second-order valence-corrected chi connectivity index (χ2v) is 5.39. The van der Waals surface area contributed by atoms with Crippen molar-refractivity contribution in [2.24, 2.45) is 5.92 Å². The van der Waals surface area contributed by atoms with E-state index >= 15 is 0 Å². The Morgan fingerprint density at radius 3 is 2.71 bits per heavy atom. The number of para-hydroxylation sites is 1. The molecule has 1 aromatic heterocycles. The molecule has 0 unspecified atom stereocenters. The Bertz CT molecular complexity index is 645. The lowest BCUT2D eigenvalue weighted by atomic mass is 10.1. The van der Waals surface area contributed by atoms with Gasteiger partial charge in [-0.25, -0.2) is 4.98 Å². The Balaban J connectivity index is 2.51. The van der Waals surface area contributed by atoms with Crippen LogP contribution >= 0.6 is 0 Å². The minimum atomic E-state index is 0.486. The highest BCUT2D eigenvalue weighted by Gasteiger charge is 2.15. The number of hydrogen-bond acceptors (Lipinski definition) is 5. The second kappa shape index (κ2) is 6.89. The number of nitrogens with zero attached hydrogens (tertiary/aromatic N) is 4. The summed E-state index contributed by atoms with van der Waals surface area (Å²) in [5.41, 5.74) is 0.914. The molecule has 0 radical (unpaired) electrons. The summed E-state index contributed by atoms with van der Waals surface area (Å²) in [4.78, 5) is 11.3. The summed E-state index contributed by atoms with van der Waals surface area (Å²) in [6.07, 6.45) is 0.486. The number of benzene rings is 1. The summed E-state index contributed by atoms with van der Waals surface area (Å²) < 4.78 is 0. The maximum Gasteiger partial charge on any atom is 0.224 e. The molecular formula is C16H21N5. The quantitative estimate of drug-likeness (QED) is 0.882. The van der Waals surface area contributed by atoms with Crippen LogP contribution in [-0.2, 0) is 0 Å². The first-order valence-electron chi connectivity index (χ1n) is 7.22. The zero-order chi connectivity index (χ0) is 15.2. The largest absolute Gasteiger partial charge is 0.357 e. The van der Waals surface area contributed by atoms with Crippen LogP contribution in [0.1, 0.15) is 20.3 Å². The molecule has 0 amide bonds. The van der Waals surface area contributed by atoms with Crippen LogP contribution < -0.4 is 10.2 Å². The fourth-order valence-electron chi connectivity index (χ4n) is 2.32. The number of aromatic nitrogens is 2. The van der Waals surface area contributed by atoms with Crippen molar-refractivity contribution in [3.63, 3.8) is 0 Å². The fraction of sp³-hybridized carbons (Fsp3) is 0.438. The van der Waals surface area contributed by atoms with Gasteiger partial charge in [0.25, 0.3) is 0 Å². The summed E-state index contributed by atoms with van der Waals surface area (Å²) in [5.74, 6) is 2.00. The van der Waals surface area contributed by atoms with Crippen LogP contribution in [0.2, 0.25) is 0 Å². The lowest BCUT2D eigenvalue weighted by molar-refractivity contribution is 0.609. The first kappa shape index (κ1) is 15.0. The molecule has 0 aliphatic heterocycles. The molecule has 5 nitrogen and oxygen atoms in total. The standard InChI is InChI=1S/C16H21N5/c1-12(2)11-21(10-6-9-17)15-13-7-4-5-8-14(13)19-16(18-3)20-15/h4-5,7-8,12H,6,10-11H2,1-3H3,(H,18,19,20). The predicted octanol–water partition coefficient (Wildman–Crippen LogP) is 3.05. The molecule has 1 N–H and O–H groups in total. The summed E-state index contributed by atoms with van der Waals surface area (Å²) in [5, 5.41) is 12.9. The molecule has 1 heterocycles. The van der Waals surface area contributed by atoms with Gasteiger partial charge in [-0.2, -0.15) is 10.2 Å². The van der Waals surface area contributed by atoms with Gasteiger partial charge in [0.15, 0.2) is 0 Å². The summed E-state index contributed by atoms with van der Waals surface area (Å²) in [6.45, 7) is 5.88. The van der Waals surface area contributed by atoms with Crippen molar-refractivity contribution in [1.82, 2.24) is 9.97 Å². The van der Waals surface area contributed by atoms with Gasteiger partial charge in [0.2, 0.25) is 5.95 Å². The Morgan fingerprint density at radius 1 is 1.29 bits per heavy atom. The second-order valence-electron chi connectivity index (χ2n) is 5.39. The van der Waals surface area contributed by atoms with Gasteiger partial charge in [-0.05, 0) is 18.1 Å². The third-order valence-electron chi connectivity index (χ3n) is 3.19. The molecule has 0 saturated carbocycles. The zero-order valence-corrected chi connectivity index (χ0v) is 12.8. The molecule has 110 valence electrons. The van der Waals surface area contributed by atoms with Crippen LogP contribution in [0.25, 0.3) is 10.9 Å². The molecule has 0 atom stereocenters. The maximum absolute atomic E-state index is 8.89. The smallest absolute Gasteiger partial charge is 0.224 e. The molecular weight excluding hydrogens is 262 g/mol. The van der Waals surface area contributed by atoms with Gasteiger partial charge >= 0.3 is 0 Å². The van der Waals surface area contributed by atoms with E-state index in [1.807, 2.05) is 31.3 Å². The third kappa shape index (κ3) is 3.60. The van der Waals surface area contributed by atoms with Crippen molar-refractivity contribution in [2.45, 2.75) is 20.3 Å². The van der Waals surface area contributed by atoms with Crippen LogP contribution in [0, 0.1) is 17.2 Å². The van der Waals surface area contributed by atoms with E-state index in [4.69, 9.17) is 5.26 Å². The highest BCUT2D eigenvalue weighted by molar-refractivity contribution is 5.90. The lowest BCUT2D eigenvalue weighted by Gasteiger charge is -2.26. The van der Waals surface area contributed by atoms with Gasteiger partial charge in [0, 0.05) is 25.5 Å². The maximum atomic E-state index is 8.89. The van der Waals surface area contributed by atoms with Crippen LogP contribution in [0.5, 0.6) is 0 Å². The minimum absolute atomic E-state index is 0.486. The highest BCUT2D eigenvalue weighted by atomic mass is 15.2. The van der Waals surface area contributed by atoms with E-state index in [9.17, 15) is 0 Å². The normalized spacial score (nSPS) is 10.6. The molecule has 2 rings (SSSR count). The number of rotatable bonds is 6. The van der Waals surface area contributed by atoms with Crippen molar-refractivity contribution in [3.05, 3.63) is 24.3 Å². The van der Waals surface area contributed by atoms with Crippen LogP contribution in [0.4, 0.5) is 11.8 Å².